The molecular weight excluding hydrogens is 302 g/mol. The lowest BCUT2D eigenvalue weighted by Gasteiger charge is -2.11. The van der Waals surface area contributed by atoms with Crippen LogP contribution in [-0.4, -0.2) is 24.7 Å². The van der Waals surface area contributed by atoms with Crippen LogP contribution in [0, 0.1) is 0 Å². The summed E-state index contributed by atoms with van der Waals surface area (Å²) in [5.74, 6) is 0.213. The second kappa shape index (κ2) is 7.79. The maximum absolute atomic E-state index is 10.6. The van der Waals surface area contributed by atoms with Gasteiger partial charge in [-0.1, -0.05) is 13.3 Å². The predicted octanol–water partition coefficient (Wildman–Crippen LogP) is 2.29. The van der Waals surface area contributed by atoms with Gasteiger partial charge in [0.2, 0.25) is 0 Å². The monoisotopic (exact) mass is 320 g/mol. The number of carbonyl (C=O) groups is 1. The van der Waals surface area contributed by atoms with E-state index in [2.05, 4.69) is 11.9 Å². The molecule has 0 saturated heterocycles. The van der Waals surface area contributed by atoms with E-state index in [-0.39, 0.29) is 6.42 Å². The summed E-state index contributed by atoms with van der Waals surface area (Å²) in [6.45, 7) is 2.76. The Morgan fingerprint density at radius 2 is 2.18 bits per heavy atom. The molecule has 1 heterocycles. The summed E-state index contributed by atoms with van der Waals surface area (Å²) < 4.78 is 11.0. The van der Waals surface area contributed by atoms with Crippen LogP contribution in [0.3, 0.4) is 0 Å². The third-order valence-electron chi connectivity index (χ3n) is 3.04. The van der Waals surface area contributed by atoms with Crippen molar-refractivity contribution in [2.75, 3.05) is 13.7 Å². The molecule has 0 atom stereocenters. The van der Waals surface area contributed by atoms with E-state index in [0.29, 0.717) is 23.8 Å². The van der Waals surface area contributed by atoms with Gasteiger partial charge in [-0.25, -0.2) is 4.98 Å². The zero-order valence-electron chi connectivity index (χ0n) is 12.6. The van der Waals surface area contributed by atoms with E-state index in [1.54, 1.807) is 12.5 Å². The molecule has 5 nitrogen and oxygen atoms in total. The Labute approximate surface area is 133 Å². The van der Waals surface area contributed by atoms with Gasteiger partial charge in [0, 0.05) is 23.3 Å². The van der Waals surface area contributed by atoms with Gasteiger partial charge < -0.3 is 19.4 Å². The van der Waals surface area contributed by atoms with E-state index in [0.717, 1.165) is 23.4 Å². The number of nitrogens with zero attached hydrogens (tertiary/aromatic N) is 1. The van der Waals surface area contributed by atoms with Gasteiger partial charge in [-0.05, 0) is 24.6 Å². The van der Waals surface area contributed by atoms with Crippen LogP contribution in [0.4, 0.5) is 0 Å². The largest absolute Gasteiger partial charge is 0.550 e. The standard InChI is InChI=1S/C16H19NO4S/c1-3-4-7-21-13-6-5-11(8-14(13)20-2)16-17-12(10-22-16)9-15(18)19/h5-6,8,10H,3-4,7,9H2,1-2H3,(H,18,19)/p-1. The van der Waals surface area contributed by atoms with Gasteiger partial charge in [-0.3, -0.25) is 0 Å². The number of unbranched alkanes of at least 4 members (excludes halogenated alkanes) is 1. The highest BCUT2D eigenvalue weighted by atomic mass is 32.1. The van der Waals surface area contributed by atoms with Crippen LogP contribution >= 0.6 is 11.3 Å². The molecule has 0 amide bonds. The minimum atomic E-state index is -1.13. The number of carboxylic acids is 1. The third kappa shape index (κ3) is 4.21. The van der Waals surface area contributed by atoms with Crippen LogP contribution in [0.5, 0.6) is 11.5 Å². The molecule has 2 aromatic rings. The van der Waals surface area contributed by atoms with Gasteiger partial charge >= 0.3 is 0 Å². The summed E-state index contributed by atoms with van der Waals surface area (Å²) in [5.41, 5.74) is 1.37. The Kier molecular flexibility index (Phi) is 5.77. The molecule has 0 aliphatic rings. The number of thiazole rings is 1. The zero-order valence-corrected chi connectivity index (χ0v) is 13.4. The Bertz CT molecular complexity index is 639. The van der Waals surface area contributed by atoms with Gasteiger partial charge in [0.05, 0.1) is 19.4 Å². The van der Waals surface area contributed by atoms with E-state index < -0.39 is 5.97 Å². The lowest BCUT2D eigenvalue weighted by atomic mass is 10.2. The summed E-state index contributed by atoms with van der Waals surface area (Å²) in [4.78, 5) is 14.9. The number of methoxy groups -OCH3 is 1. The number of carbonyl (C=O) groups excluding carboxylic acids is 1. The molecule has 118 valence electrons. The molecule has 0 spiro atoms. The smallest absolute Gasteiger partial charge is 0.161 e. The van der Waals surface area contributed by atoms with Crippen LogP contribution in [0.1, 0.15) is 25.5 Å². The summed E-state index contributed by atoms with van der Waals surface area (Å²) in [6.07, 6.45) is 1.89. The Morgan fingerprint density at radius 3 is 2.86 bits per heavy atom. The van der Waals surface area contributed by atoms with Gasteiger partial charge in [-0.15, -0.1) is 11.3 Å². The fourth-order valence-corrected chi connectivity index (χ4v) is 2.73. The molecule has 0 bridgehead atoms. The molecule has 22 heavy (non-hydrogen) atoms. The molecule has 0 N–H and O–H groups in total. The highest BCUT2D eigenvalue weighted by molar-refractivity contribution is 7.13. The topological polar surface area (TPSA) is 71.5 Å². The van der Waals surface area contributed by atoms with Crippen LogP contribution < -0.4 is 14.6 Å². The molecule has 1 aromatic carbocycles. The number of rotatable bonds is 8. The fraction of sp³-hybridized carbons (Fsp3) is 0.375. The maximum Gasteiger partial charge on any atom is 0.161 e. The third-order valence-corrected chi connectivity index (χ3v) is 3.98. The molecule has 6 heteroatoms. The van der Waals surface area contributed by atoms with Crippen molar-refractivity contribution in [1.29, 1.82) is 0 Å². The minimum absolute atomic E-state index is 0.175. The first-order valence-corrected chi connectivity index (χ1v) is 7.97. The molecule has 0 aliphatic heterocycles. The molecule has 0 fully saturated rings. The fourth-order valence-electron chi connectivity index (χ4n) is 1.91. The van der Waals surface area contributed by atoms with E-state index in [4.69, 9.17) is 9.47 Å². The lowest BCUT2D eigenvalue weighted by molar-refractivity contribution is -0.304. The highest BCUT2D eigenvalue weighted by Crippen LogP contribution is 2.33. The van der Waals surface area contributed by atoms with Crippen molar-refractivity contribution in [3.8, 4) is 22.1 Å². The highest BCUT2D eigenvalue weighted by Gasteiger charge is 2.10. The van der Waals surface area contributed by atoms with E-state index in [1.165, 1.54) is 11.3 Å². The van der Waals surface area contributed by atoms with Crippen molar-refractivity contribution in [3.05, 3.63) is 29.3 Å². The molecule has 0 unspecified atom stereocenters. The number of ether oxygens (including phenoxy) is 2. The summed E-state index contributed by atoms with van der Waals surface area (Å²) in [5, 5.41) is 13.1. The SMILES string of the molecule is CCCCOc1ccc(-c2nc(CC(=O)[O-])cs2)cc1OC. The Morgan fingerprint density at radius 1 is 1.36 bits per heavy atom. The lowest BCUT2D eigenvalue weighted by Crippen LogP contribution is -2.24. The molecule has 0 radical (unpaired) electrons. The second-order valence-corrected chi connectivity index (χ2v) is 5.62. The van der Waals surface area contributed by atoms with Crippen molar-refractivity contribution in [3.63, 3.8) is 0 Å². The van der Waals surface area contributed by atoms with Crippen LogP contribution in [-0.2, 0) is 11.2 Å². The second-order valence-electron chi connectivity index (χ2n) is 4.76. The summed E-state index contributed by atoms with van der Waals surface area (Å²) in [7, 11) is 1.59. The number of hydrogen-bond donors (Lipinski definition) is 0. The van der Waals surface area contributed by atoms with Crippen molar-refractivity contribution < 1.29 is 19.4 Å². The van der Waals surface area contributed by atoms with Crippen LogP contribution in [0.2, 0.25) is 0 Å². The molecule has 0 saturated carbocycles. The first-order valence-electron chi connectivity index (χ1n) is 7.09. The van der Waals surface area contributed by atoms with Gasteiger partial charge in [0.15, 0.2) is 11.5 Å². The van der Waals surface area contributed by atoms with Crippen molar-refractivity contribution >= 4 is 17.3 Å². The molecule has 0 aliphatic carbocycles. The molecule has 1 aromatic heterocycles. The summed E-state index contributed by atoms with van der Waals surface area (Å²) in [6, 6.07) is 5.60. The number of benzene rings is 1. The first-order chi connectivity index (χ1) is 10.6. The van der Waals surface area contributed by atoms with Crippen molar-refractivity contribution in [2.24, 2.45) is 0 Å². The van der Waals surface area contributed by atoms with E-state index >= 15 is 0 Å². The Balaban J connectivity index is 2.17. The normalized spacial score (nSPS) is 10.5. The van der Waals surface area contributed by atoms with E-state index in [9.17, 15) is 9.90 Å². The number of aromatic nitrogens is 1. The predicted molar refractivity (Wildman–Crippen MR) is 83.2 cm³/mol. The molecule has 2 rings (SSSR count). The van der Waals surface area contributed by atoms with E-state index in [1.807, 2.05) is 18.2 Å². The number of carboxylic acid groups (broad SMARTS) is 1. The quantitative estimate of drug-likeness (QED) is 0.698. The summed E-state index contributed by atoms with van der Waals surface area (Å²) >= 11 is 1.39. The average Bonchev–Trinajstić information content (AvgIpc) is 2.95. The maximum atomic E-state index is 10.6. The van der Waals surface area contributed by atoms with Gasteiger partial charge in [0.25, 0.3) is 0 Å². The zero-order chi connectivity index (χ0) is 15.9. The van der Waals surface area contributed by atoms with Crippen molar-refractivity contribution in [2.45, 2.75) is 26.2 Å². The Hall–Kier alpha value is -2.08. The average molecular weight is 320 g/mol. The number of hydrogen-bond acceptors (Lipinski definition) is 6. The first kappa shape index (κ1) is 16.3. The molecular formula is C16H18NO4S-. The number of aliphatic carboxylic acids is 1. The van der Waals surface area contributed by atoms with Crippen molar-refractivity contribution in [1.82, 2.24) is 4.98 Å². The minimum Gasteiger partial charge on any atom is -0.550 e. The van der Waals surface area contributed by atoms with Crippen LogP contribution in [0.25, 0.3) is 10.6 Å². The van der Waals surface area contributed by atoms with Gasteiger partial charge in [-0.2, -0.15) is 0 Å². The van der Waals surface area contributed by atoms with Crippen LogP contribution in [0.15, 0.2) is 23.6 Å². The van der Waals surface area contributed by atoms with Gasteiger partial charge in [0.1, 0.15) is 5.01 Å².